The molecular formula is C23H25N3O3S. The Kier molecular flexibility index (Phi) is 5.47. The first kappa shape index (κ1) is 20.3. The fraction of sp³-hybridized carbons (Fsp3) is 0.304. The second-order valence-electron chi connectivity index (χ2n) is 7.85. The third kappa shape index (κ3) is 4.03. The molecule has 0 bridgehead atoms. The molecular weight excluding hydrogens is 398 g/mol. The van der Waals surface area contributed by atoms with E-state index in [0.29, 0.717) is 22.9 Å². The van der Waals surface area contributed by atoms with Crippen LogP contribution in [0.1, 0.15) is 46.6 Å². The minimum atomic E-state index is -0.984. The van der Waals surface area contributed by atoms with Crippen LogP contribution in [-0.4, -0.2) is 26.0 Å². The van der Waals surface area contributed by atoms with Crippen molar-refractivity contribution >= 4 is 22.5 Å². The van der Waals surface area contributed by atoms with Gasteiger partial charge in [0.1, 0.15) is 11.6 Å². The van der Waals surface area contributed by atoms with Crippen LogP contribution < -0.4 is 10.1 Å². The van der Waals surface area contributed by atoms with Gasteiger partial charge < -0.3 is 10.1 Å². The van der Waals surface area contributed by atoms with E-state index in [4.69, 9.17) is 4.74 Å². The molecule has 2 heterocycles. The van der Waals surface area contributed by atoms with Crippen molar-refractivity contribution in [2.75, 3.05) is 5.32 Å². The highest BCUT2D eigenvalue weighted by Gasteiger charge is 2.29. The number of aromatic nitrogens is 2. The molecule has 6 nitrogen and oxygen atoms in total. The molecule has 1 atom stereocenters. The summed E-state index contributed by atoms with van der Waals surface area (Å²) in [5.41, 5.74) is 5.27. The monoisotopic (exact) mass is 423 g/mol. The Bertz CT molecular complexity index is 1130. The normalized spacial score (nSPS) is 15.3. The van der Waals surface area contributed by atoms with Crippen molar-refractivity contribution in [3.63, 3.8) is 0 Å². The molecule has 1 aliphatic rings. The van der Waals surface area contributed by atoms with Crippen molar-refractivity contribution in [1.82, 2.24) is 9.78 Å². The van der Waals surface area contributed by atoms with E-state index in [0.717, 1.165) is 33.8 Å². The Labute approximate surface area is 178 Å². The number of aryl methyl sites for hydroxylation is 2. The molecule has 0 radical (unpaired) electrons. The average Bonchev–Trinajstić information content (AvgIpc) is 3.19. The molecule has 3 aromatic rings. The summed E-state index contributed by atoms with van der Waals surface area (Å²) in [6, 6.07) is 13.2. The van der Waals surface area contributed by atoms with E-state index in [-0.39, 0.29) is 12.0 Å². The zero-order valence-corrected chi connectivity index (χ0v) is 18.4. The van der Waals surface area contributed by atoms with E-state index in [1.165, 1.54) is 0 Å². The van der Waals surface area contributed by atoms with Crippen LogP contribution in [0.25, 0.3) is 5.69 Å². The summed E-state index contributed by atoms with van der Waals surface area (Å²) >= 11 is 0. The summed E-state index contributed by atoms with van der Waals surface area (Å²) in [6.45, 7) is 7.98. The maximum Gasteiger partial charge on any atom is 0.256 e. The number of carbonyl (C=O) groups excluding carboxylic acids is 1. The minimum absolute atomic E-state index is 0.0697. The molecule has 0 aliphatic carbocycles. The number of anilines is 1. The van der Waals surface area contributed by atoms with Crippen molar-refractivity contribution < 1.29 is 13.7 Å². The molecule has 0 fully saturated rings. The predicted octanol–water partition coefficient (Wildman–Crippen LogP) is 4.29. The second-order valence-corrected chi connectivity index (χ2v) is 9.31. The van der Waals surface area contributed by atoms with E-state index in [2.05, 4.69) is 16.5 Å². The summed E-state index contributed by atoms with van der Waals surface area (Å²) in [5, 5.41) is 7.70. The highest BCUT2D eigenvalue weighted by Crippen LogP contribution is 2.32. The van der Waals surface area contributed by atoms with Crippen molar-refractivity contribution in [3.8, 4) is 11.4 Å². The quantitative estimate of drug-likeness (QED) is 0.664. The number of nitrogens with zero attached hydrogens (tertiary/aromatic N) is 2. The Morgan fingerprint density at radius 3 is 2.53 bits per heavy atom. The molecule has 0 unspecified atom stereocenters. The molecule has 1 amide bonds. The summed E-state index contributed by atoms with van der Waals surface area (Å²) < 4.78 is 19.5. The number of hydrogen-bond donors (Lipinski definition) is 1. The largest absolute Gasteiger partial charge is 0.491 e. The standard InChI is InChI=1S/C23H25N3O3S/c1-14(2)29-18-8-6-17(7-9-18)23(27)24-22-19-12-30(28)13-20(19)25-26(22)21-10-5-15(3)11-16(21)4/h5-11,14H,12-13H2,1-4H3,(H,24,27)/t30-/m1/s1. The van der Waals surface area contributed by atoms with Gasteiger partial charge in [-0.2, -0.15) is 5.10 Å². The smallest absolute Gasteiger partial charge is 0.256 e. The van der Waals surface area contributed by atoms with Crippen molar-refractivity contribution in [2.45, 2.75) is 45.3 Å². The van der Waals surface area contributed by atoms with Gasteiger partial charge in [0.2, 0.25) is 0 Å². The van der Waals surface area contributed by atoms with Gasteiger partial charge >= 0.3 is 0 Å². The van der Waals surface area contributed by atoms with Gasteiger partial charge in [0.15, 0.2) is 0 Å². The highest BCUT2D eigenvalue weighted by molar-refractivity contribution is 7.83. The van der Waals surface area contributed by atoms with Crippen molar-refractivity contribution in [1.29, 1.82) is 0 Å². The first-order chi connectivity index (χ1) is 14.3. The Morgan fingerprint density at radius 2 is 1.87 bits per heavy atom. The lowest BCUT2D eigenvalue weighted by Gasteiger charge is -2.14. The lowest BCUT2D eigenvalue weighted by Crippen LogP contribution is -2.17. The predicted molar refractivity (Wildman–Crippen MR) is 119 cm³/mol. The molecule has 30 heavy (non-hydrogen) atoms. The van der Waals surface area contributed by atoms with Gasteiger partial charge in [-0.15, -0.1) is 0 Å². The van der Waals surface area contributed by atoms with Crippen LogP contribution in [-0.2, 0) is 22.3 Å². The van der Waals surface area contributed by atoms with Gasteiger partial charge in [-0.3, -0.25) is 9.00 Å². The number of benzene rings is 2. The van der Waals surface area contributed by atoms with Crippen LogP contribution in [0, 0.1) is 13.8 Å². The van der Waals surface area contributed by atoms with Crippen LogP contribution in [0.4, 0.5) is 5.82 Å². The molecule has 0 saturated carbocycles. The van der Waals surface area contributed by atoms with Gasteiger partial charge in [-0.05, 0) is 63.6 Å². The van der Waals surface area contributed by atoms with E-state index >= 15 is 0 Å². The van der Waals surface area contributed by atoms with Gasteiger partial charge in [-0.1, -0.05) is 17.7 Å². The summed E-state index contributed by atoms with van der Waals surface area (Å²) in [5.74, 6) is 1.89. The zero-order valence-electron chi connectivity index (χ0n) is 17.6. The summed E-state index contributed by atoms with van der Waals surface area (Å²) in [4.78, 5) is 13.0. The van der Waals surface area contributed by atoms with Gasteiger partial charge in [0.05, 0.1) is 29.0 Å². The number of fused-ring (bicyclic) bond motifs is 1. The maximum absolute atomic E-state index is 13.0. The lowest BCUT2D eigenvalue weighted by molar-refractivity contribution is 0.102. The van der Waals surface area contributed by atoms with Crippen LogP contribution in [0.2, 0.25) is 0 Å². The van der Waals surface area contributed by atoms with Crippen LogP contribution in [0.3, 0.4) is 0 Å². The number of carbonyl (C=O) groups is 1. The molecule has 156 valence electrons. The maximum atomic E-state index is 13.0. The number of ether oxygens (including phenoxy) is 1. The lowest BCUT2D eigenvalue weighted by atomic mass is 10.1. The Balaban J connectivity index is 1.68. The SMILES string of the molecule is Cc1ccc(-n2nc3c(c2NC(=O)c2ccc(OC(C)C)cc2)C[S@@](=O)C3)c(C)c1. The number of amides is 1. The second kappa shape index (κ2) is 8.07. The van der Waals surface area contributed by atoms with Gasteiger partial charge in [0.25, 0.3) is 5.91 Å². The fourth-order valence-electron chi connectivity index (χ4n) is 3.61. The summed E-state index contributed by atoms with van der Waals surface area (Å²) in [6.07, 6.45) is 0.0697. The number of rotatable bonds is 5. The minimum Gasteiger partial charge on any atom is -0.491 e. The zero-order chi connectivity index (χ0) is 21.4. The van der Waals surface area contributed by atoms with Crippen LogP contribution in [0.15, 0.2) is 42.5 Å². The van der Waals surface area contributed by atoms with Crippen LogP contribution in [0.5, 0.6) is 5.75 Å². The van der Waals surface area contributed by atoms with Crippen molar-refractivity contribution in [3.05, 3.63) is 70.4 Å². The highest BCUT2D eigenvalue weighted by atomic mass is 32.2. The first-order valence-corrected chi connectivity index (χ1v) is 11.4. The molecule has 1 N–H and O–H groups in total. The Morgan fingerprint density at radius 1 is 1.13 bits per heavy atom. The third-order valence-corrected chi connectivity index (χ3v) is 6.18. The number of hydrogen-bond acceptors (Lipinski definition) is 4. The first-order valence-electron chi connectivity index (χ1n) is 9.93. The molecule has 0 spiro atoms. The third-order valence-electron chi connectivity index (χ3n) is 4.97. The molecule has 4 rings (SSSR count). The fourth-order valence-corrected chi connectivity index (χ4v) is 4.87. The molecule has 1 aromatic heterocycles. The molecule has 0 saturated heterocycles. The van der Waals surface area contributed by atoms with E-state index < -0.39 is 10.8 Å². The molecule has 1 aliphatic heterocycles. The van der Waals surface area contributed by atoms with E-state index in [1.54, 1.807) is 28.9 Å². The van der Waals surface area contributed by atoms with Crippen molar-refractivity contribution in [2.24, 2.45) is 0 Å². The molecule has 7 heteroatoms. The van der Waals surface area contributed by atoms with E-state index in [1.807, 2.05) is 39.8 Å². The molecule has 2 aromatic carbocycles. The van der Waals surface area contributed by atoms with Gasteiger partial charge in [-0.25, -0.2) is 4.68 Å². The average molecular weight is 424 g/mol. The van der Waals surface area contributed by atoms with Crippen LogP contribution >= 0.6 is 0 Å². The topological polar surface area (TPSA) is 73.2 Å². The number of nitrogens with one attached hydrogen (secondary N) is 1. The Hall–Kier alpha value is -2.93. The van der Waals surface area contributed by atoms with E-state index in [9.17, 15) is 9.00 Å². The summed E-state index contributed by atoms with van der Waals surface area (Å²) in [7, 11) is -0.984. The van der Waals surface area contributed by atoms with Gasteiger partial charge in [0, 0.05) is 21.9 Å².